The largest absolute Gasteiger partial charge is 0.306 e. The summed E-state index contributed by atoms with van der Waals surface area (Å²) in [6.07, 6.45) is 5.57. The van der Waals surface area contributed by atoms with E-state index in [1.54, 1.807) is 17.5 Å². The molecule has 0 aliphatic heterocycles. The SMILES string of the molecule is Brc1cn2c(CNCc3cccs3)cnc2cn1. The summed E-state index contributed by atoms with van der Waals surface area (Å²) >= 11 is 5.14. The van der Waals surface area contributed by atoms with Crippen molar-refractivity contribution in [2.24, 2.45) is 0 Å². The smallest absolute Gasteiger partial charge is 0.155 e. The predicted octanol–water partition coefficient (Wildman–Crippen LogP) is 2.84. The van der Waals surface area contributed by atoms with Crippen molar-refractivity contribution in [1.29, 1.82) is 0 Å². The van der Waals surface area contributed by atoms with Crippen LogP contribution in [0.5, 0.6) is 0 Å². The summed E-state index contributed by atoms with van der Waals surface area (Å²) in [4.78, 5) is 9.81. The lowest BCUT2D eigenvalue weighted by Crippen LogP contribution is -2.13. The maximum absolute atomic E-state index is 4.32. The topological polar surface area (TPSA) is 42.2 Å². The Morgan fingerprint density at radius 1 is 1.28 bits per heavy atom. The highest BCUT2D eigenvalue weighted by atomic mass is 79.9. The van der Waals surface area contributed by atoms with Gasteiger partial charge in [0.25, 0.3) is 0 Å². The number of nitrogens with one attached hydrogen (secondary N) is 1. The van der Waals surface area contributed by atoms with E-state index in [2.05, 4.69) is 48.7 Å². The van der Waals surface area contributed by atoms with Crippen LogP contribution in [0.15, 0.2) is 40.7 Å². The summed E-state index contributed by atoms with van der Waals surface area (Å²) in [7, 11) is 0. The maximum atomic E-state index is 4.32. The summed E-state index contributed by atoms with van der Waals surface area (Å²) in [5.41, 5.74) is 2.00. The molecule has 0 atom stereocenters. The summed E-state index contributed by atoms with van der Waals surface area (Å²) in [6.45, 7) is 1.67. The Morgan fingerprint density at radius 3 is 3.06 bits per heavy atom. The van der Waals surface area contributed by atoms with Crippen LogP contribution >= 0.6 is 27.3 Å². The highest BCUT2D eigenvalue weighted by Crippen LogP contribution is 2.11. The molecular weight excluding hydrogens is 312 g/mol. The van der Waals surface area contributed by atoms with E-state index in [0.717, 1.165) is 29.0 Å². The first-order valence-electron chi connectivity index (χ1n) is 5.53. The van der Waals surface area contributed by atoms with Crippen molar-refractivity contribution >= 4 is 32.9 Å². The quantitative estimate of drug-likeness (QED) is 0.803. The van der Waals surface area contributed by atoms with Gasteiger partial charge in [0, 0.05) is 24.2 Å². The van der Waals surface area contributed by atoms with E-state index in [-0.39, 0.29) is 0 Å². The van der Waals surface area contributed by atoms with Gasteiger partial charge in [0.2, 0.25) is 0 Å². The minimum Gasteiger partial charge on any atom is -0.306 e. The molecular formula is C12H11BrN4S. The Labute approximate surface area is 117 Å². The average molecular weight is 323 g/mol. The molecule has 0 fully saturated rings. The number of hydrogen-bond donors (Lipinski definition) is 1. The Morgan fingerprint density at radius 2 is 2.22 bits per heavy atom. The molecule has 0 aliphatic rings. The van der Waals surface area contributed by atoms with Crippen molar-refractivity contribution in [1.82, 2.24) is 19.7 Å². The lowest BCUT2D eigenvalue weighted by atomic mass is 10.4. The highest BCUT2D eigenvalue weighted by Gasteiger charge is 2.04. The van der Waals surface area contributed by atoms with E-state index >= 15 is 0 Å². The first kappa shape index (κ1) is 11.8. The molecule has 0 aromatic carbocycles. The molecule has 0 saturated carbocycles. The number of halogens is 1. The average Bonchev–Trinajstić information content (AvgIpc) is 2.99. The lowest BCUT2D eigenvalue weighted by molar-refractivity contribution is 0.681. The normalized spacial score (nSPS) is 11.2. The van der Waals surface area contributed by atoms with Gasteiger partial charge in [0.15, 0.2) is 5.65 Å². The fourth-order valence-corrected chi connectivity index (χ4v) is 2.76. The number of imidazole rings is 1. The van der Waals surface area contributed by atoms with Crippen molar-refractivity contribution in [3.05, 3.63) is 51.3 Å². The van der Waals surface area contributed by atoms with Crippen LogP contribution in [0.2, 0.25) is 0 Å². The van der Waals surface area contributed by atoms with Crippen molar-refractivity contribution < 1.29 is 0 Å². The molecule has 6 heteroatoms. The van der Waals surface area contributed by atoms with Crippen molar-refractivity contribution in [2.75, 3.05) is 0 Å². The minimum absolute atomic E-state index is 0.787. The van der Waals surface area contributed by atoms with Gasteiger partial charge < -0.3 is 5.32 Å². The van der Waals surface area contributed by atoms with Gasteiger partial charge in [-0.3, -0.25) is 4.40 Å². The fourth-order valence-electron chi connectivity index (χ4n) is 1.77. The number of fused-ring (bicyclic) bond motifs is 1. The molecule has 0 aliphatic carbocycles. The van der Waals surface area contributed by atoms with E-state index in [9.17, 15) is 0 Å². The number of thiophene rings is 1. The fraction of sp³-hybridized carbons (Fsp3) is 0.167. The Hall–Kier alpha value is -1.24. The van der Waals surface area contributed by atoms with Crippen molar-refractivity contribution in [3.8, 4) is 0 Å². The molecule has 0 unspecified atom stereocenters. The minimum atomic E-state index is 0.787. The van der Waals surface area contributed by atoms with Crippen LogP contribution in [-0.4, -0.2) is 14.4 Å². The molecule has 92 valence electrons. The molecule has 3 heterocycles. The van der Waals surface area contributed by atoms with Crippen LogP contribution in [0.25, 0.3) is 5.65 Å². The lowest BCUT2D eigenvalue weighted by Gasteiger charge is -2.03. The summed E-state index contributed by atoms with van der Waals surface area (Å²) in [5.74, 6) is 0. The maximum Gasteiger partial charge on any atom is 0.155 e. The van der Waals surface area contributed by atoms with Gasteiger partial charge in [-0.05, 0) is 27.4 Å². The summed E-state index contributed by atoms with van der Waals surface area (Å²) < 4.78 is 2.85. The van der Waals surface area contributed by atoms with E-state index in [0.29, 0.717) is 0 Å². The molecule has 3 rings (SSSR count). The van der Waals surface area contributed by atoms with Crippen molar-refractivity contribution in [3.63, 3.8) is 0 Å². The van der Waals surface area contributed by atoms with Crippen LogP contribution < -0.4 is 5.32 Å². The second-order valence-corrected chi connectivity index (χ2v) is 5.72. The monoisotopic (exact) mass is 322 g/mol. The van der Waals surface area contributed by atoms with Gasteiger partial charge in [-0.15, -0.1) is 11.3 Å². The van der Waals surface area contributed by atoms with Gasteiger partial charge >= 0.3 is 0 Å². The Kier molecular flexibility index (Phi) is 3.40. The first-order chi connectivity index (χ1) is 8.83. The third kappa shape index (κ3) is 2.45. The van der Waals surface area contributed by atoms with Crippen LogP contribution in [0.1, 0.15) is 10.6 Å². The molecule has 0 amide bonds. The van der Waals surface area contributed by atoms with Gasteiger partial charge in [0.1, 0.15) is 4.60 Å². The van der Waals surface area contributed by atoms with E-state index in [1.165, 1.54) is 4.88 Å². The molecule has 0 saturated heterocycles. The van der Waals surface area contributed by atoms with Crippen LogP contribution in [0, 0.1) is 0 Å². The van der Waals surface area contributed by atoms with E-state index < -0.39 is 0 Å². The highest BCUT2D eigenvalue weighted by molar-refractivity contribution is 9.10. The molecule has 18 heavy (non-hydrogen) atoms. The molecule has 0 radical (unpaired) electrons. The van der Waals surface area contributed by atoms with Gasteiger partial charge in [-0.1, -0.05) is 6.07 Å². The van der Waals surface area contributed by atoms with E-state index in [4.69, 9.17) is 0 Å². The van der Waals surface area contributed by atoms with Crippen LogP contribution in [0.4, 0.5) is 0 Å². The molecule has 3 aromatic rings. The zero-order valence-electron chi connectivity index (χ0n) is 9.51. The number of hydrogen-bond acceptors (Lipinski definition) is 4. The zero-order chi connectivity index (χ0) is 12.4. The third-order valence-electron chi connectivity index (χ3n) is 2.63. The molecule has 1 N–H and O–H groups in total. The van der Waals surface area contributed by atoms with Gasteiger partial charge in [-0.25, -0.2) is 9.97 Å². The second kappa shape index (κ2) is 5.17. The second-order valence-electron chi connectivity index (χ2n) is 3.87. The molecule has 0 spiro atoms. The molecule has 3 aromatic heterocycles. The van der Waals surface area contributed by atoms with Crippen LogP contribution in [-0.2, 0) is 13.1 Å². The van der Waals surface area contributed by atoms with Crippen LogP contribution in [0.3, 0.4) is 0 Å². The molecule has 0 bridgehead atoms. The first-order valence-corrected chi connectivity index (χ1v) is 7.21. The Bertz CT molecular complexity index is 647. The number of rotatable bonds is 4. The van der Waals surface area contributed by atoms with Gasteiger partial charge in [-0.2, -0.15) is 0 Å². The zero-order valence-corrected chi connectivity index (χ0v) is 11.9. The van der Waals surface area contributed by atoms with Crippen molar-refractivity contribution in [2.45, 2.75) is 13.1 Å². The number of nitrogens with zero attached hydrogens (tertiary/aromatic N) is 3. The predicted molar refractivity (Wildman–Crippen MR) is 75.5 cm³/mol. The Balaban J connectivity index is 1.72. The standard InChI is InChI=1S/C12H11BrN4S/c13-11-8-17-9(5-16-12(17)7-15-11)4-14-6-10-2-1-3-18-10/h1-3,5,7-8,14H,4,6H2. The molecule has 4 nitrogen and oxygen atoms in total. The summed E-state index contributed by atoms with van der Waals surface area (Å²) in [5, 5.41) is 5.51. The van der Waals surface area contributed by atoms with Gasteiger partial charge in [0.05, 0.1) is 18.1 Å². The summed E-state index contributed by atoms with van der Waals surface area (Å²) in [6, 6.07) is 4.20. The third-order valence-corrected chi connectivity index (χ3v) is 3.91. The van der Waals surface area contributed by atoms with E-state index in [1.807, 2.05) is 16.8 Å². The number of aromatic nitrogens is 3.